The van der Waals surface area contributed by atoms with Gasteiger partial charge in [0.15, 0.2) is 5.89 Å². The summed E-state index contributed by atoms with van der Waals surface area (Å²) in [6.45, 7) is 4.80. The number of aromatic nitrogens is 3. The highest BCUT2D eigenvalue weighted by molar-refractivity contribution is 5.02. The smallest absolute Gasteiger partial charge is 0.193 e. The third-order valence-corrected chi connectivity index (χ3v) is 2.48. The van der Waals surface area contributed by atoms with Crippen molar-refractivity contribution in [3.63, 3.8) is 0 Å². The summed E-state index contributed by atoms with van der Waals surface area (Å²) in [6, 6.07) is 0.226. The molecular formula is C11H16N4O. The predicted molar refractivity (Wildman–Crippen MR) is 59.7 cm³/mol. The Hall–Kier alpha value is -1.62. The van der Waals surface area contributed by atoms with Gasteiger partial charge >= 0.3 is 0 Å². The molecule has 2 aromatic rings. The zero-order valence-corrected chi connectivity index (χ0v) is 9.53. The number of nitrogens with zero attached hydrogens (tertiary/aromatic N) is 2. The number of hydrogen-bond acceptors (Lipinski definition) is 4. The molecule has 0 radical (unpaired) electrons. The number of imidazole rings is 1. The number of oxazole rings is 1. The average Bonchev–Trinajstić information content (AvgIpc) is 2.96. The van der Waals surface area contributed by atoms with E-state index in [9.17, 15) is 0 Å². The Balaban J connectivity index is 1.87. The van der Waals surface area contributed by atoms with Gasteiger partial charge < -0.3 is 14.7 Å². The van der Waals surface area contributed by atoms with Crippen LogP contribution in [0.3, 0.4) is 0 Å². The van der Waals surface area contributed by atoms with Gasteiger partial charge in [-0.1, -0.05) is 6.92 Å². The number of nitrogens with one attached hydrogen (secondary N) is 2. The molecule has 0 aliphatic carbocycles. The molecule has 0 amide bonds. The summed E-state index contributed by atoms with van der Waals surface area (Å²) >= 11 is 0. The normalized spacial score (nSPS) is 12.9. The summed E-state index contributed by atoms with van der Waals surface area (Å²) in [4.78, 5) is 11.4. The van der Waals surface area contributed by atoms with Crippen LogP contribution < -0.4 is 5.32 Å². The summed E-state index contributed by atoms with van der Waals surface area (Å²) in [5.74, 6) is 0.783. The Morgan fingerprint density at radius 1 is 1.56 bits per heavy atom. The molecule has 0 aliphatic heterocycles. The molecule has 5 heteroatoms. The van der Waals surface area contributed by atoms with E-state index in [-0.39, 0.29) is 6.04 Å². The zero-order chi connectivity index (χ0) is 11.4. The van der Waals surface area contributed by atoms with Gasteiger partial charge in [-0.05, 0) is 6.92 Å². The maximum Gasteiger partial charge on any atom is 0.193 e. The van der Waals surface area contributed by atoms with Gasteiger partial charge in [-0.2, -0.15) is 0 Å². The molecule has 5 nitrogen and oxygen atoms in total. The first-order chi connectivity index (χ1) is 7.79. The van der Waals surface area contributed by atoms with Crippen molar-refractivity contribution >= 4 is 0 Å². The van der Waals surface area contributed by atoms with Crippen molar-refractivity contribution in [2.75, 3.05) is 0 Å². The third kappa shape index (κ3) is 2.49. The van der Waals surface area contributed by atoms with E-state index < -0.39 is 0 Å². The molecule has 0 saturated carbocycles. The van der Waals surface area contributed by atoms with E-state index in [2.05, 4.69) is 27.2 Å². The van der Waals surface area contributed by atoms with Crippen LogP contribution in [-0.2, 0) is 13.0 Å². The highest BCUT2D eigenvalue weighted by Gasteiger charge is 2.07. The van der Waals surface area contributed by atoms with Gasteiger partial charge in [0.2, 0.25) is 0 Å². The van der Waals surface area contributed by atoms with Crippen LogP contribution in [0.5, 0.6) is 0 Å². The first-order valence-electron chi connectivity index (χ1n) is 5.44. The minimum atomic E-state index is 0.226. The maximum absolute atomic E-state index is 5.27. The van der Waals surface area contributed by atoms with Crippen LogP contribution in [0.25, 0.3) is 0 Å². The fraction of sp³-hybridized carbons (Fsp3) is 0.455. The van der Waals surface area contributed by atoms with Crippen LogP contribution in [0.4, 0.5) is 0 Å². The summed E-state index contributed by atoms with van der Waals surface area (Å²) < 4.78 is 5.27. The first-order valence-corrected chi connectivity index (χ1v) is 5.44. The average molecular weight is 220 g/mol. The van der Waals surface area contributed by atoms with Gasteiger partial charge in [0, 0.05) is 25.2 Å². The molecule has 1 unspecified atom stereocenters. The van der Waals surface area contributed by atoms with E-state index in [0.717, 1.165) is 23.7 Å². The molecule has 2 heterocycles. The Morgan fingerprint density at radius 3 is 3.06 bits per heavy atom. The van der Waals surface area contributed by atoms with Gasteiger partial charge in [-0.25, -0.2) is 9.97 Å². The van der Waals surface area contributed by atoms with Crippen LogP contribution in [0.15, 0.2) is 23.2 Å². The molecule has 2 aromatic heterocycles. The van der Waals surface area contributed by atoms with Crippen molar-refractivity contribution in [1.82, 2.24) is 20.3 Å². The Kier molecular flexibility index (Phi) is 3.36. The van der Waals surface area contributed by atoms with Crippen LogP contribution in [0, 0.1) is 0 Å². The fourth-order valence-corrected chi connectivity index (χ4v) is 1.46. The van der Waals surface area contributed by atoms with Crippen molar-refractivity contribution in [2.45, 2.75) is 32.9 Å². The fourth-order valence-electron chi connectivity index (χ4n) is 1.46. The minimum absolute atomic E-state index is 0.226. The highest BCUT2D eigenvalue weighted by Crippen LogP contribution is 2.09. The second-order valence-corrected chi connectivity index (χ2v) is 3.70. The van der Waals surface area contributed by atoms with Gasteiger partial charge in [0.1, 0.15) is 6.26 Å². The molecule has 0 spiro atoms. The minimum Gasteiger partial charge on any atom is -0.449 e. The van der Waals surface area contributed by atoms with Gasteiger partial charge in [0.25, 0.3) is 0 Å². The maximum atomic E-state index is 5.27. The lowest BCUT2D eigenvalue weighted by atomic mass is 10.2. The number of aromatic amines is 1. The standard InChI is InChI=1S/C11H16N4O/c1-3-11-15-9(6-16-11)4-13-8(2)10-5-12-7-14-10/h5-8,13H,3-4H2,1-2H3,(H,12,14). The molecule has 16 heavy (non-hydrogen) atoms. The monoisotopic (exact) mass is 220 g/mol. The van der Waals surface area contributed by atoms with E-state index >= 15 is 0 Å². The van der Waals surface area contributed by atoms with E-state index in [4.69, 9.17) is 4.42 Å². The van der Waals surface area contributed by atoms with E-state index in [1.807, 2.05) is 13.1 Å². The van der Waals surface area contributed by atoms with E-state index in [1.165, 1.54) is 0 Å². The molecule has 0 saturated heterocycles. The van der Waals surface area contributed by atoms with Crippen molar-refractivity contribution in [2.24, 2.45) is 0 Å². The Bertz CT molecular complexity index is 421. The van der Waals surface area contributed by atoms with Crippen LogP contribution in [0.1, 0.15) is 37.2 Å². The lowest BCUT2D eigenvalue weighted by Gasteiger charge is -2.09. The van der Waals surface area contributed by atoms with Crippen molar-refractivity contribution in [3.05, 3.63) is 36.1 Å². The number of hydrogen-bond donors (Lipinski definition) is 2. The molecule has 0 fully saturated rings. The molecule has 0 aliphatic rings. The molecule has 2 N–H and O–H groups in total. The van der Waals surface area contributed by atoms with Crippen molar-refractivity contribution in [3.8, 4) is 0 Å². The topological polar surface area (TPSA) is 66.7 Å². The first kappa shape index (κ1) is 10.9. The zero-order valence-electron chi connectivity index (χ0n) is 9.53. The van der Waals surface area contributed by atoms with Crippen LogP contribution in [-0.4, -0.2) is 15.0 Å². The molecule has 2 rings (SSSR count). The molecule has 1 atom stereocenters. The summed E-state index contributed by atoms with van der Waals surface area (Å²) in [5, 5.41) is 3.34. The van der Waals surface area contributed by atoms with Crippen molar-refractivity contribution < 1.29 is 4.42 Å². The quantitative estimate of drug-likeness (QED) is 0.806. The van der Waals surface area contributed by atoms with Gasteiger partial charge in [-0.15, -0.1) is 0 Å². The number of H-pyrrole nitrogens is 1. The number of aryl methyl sites for hydroxylation is 1. The molecule has 0 bridgehead atoms. The lowest BCUT2D eigenvalue weighted by Crippen LogP contribution is -2.18. The molecule has 86 valence electrons. The highest BCUT2D eigenvalue weighted by atomic mass is 16.3. The molecular weight excluding hydrogens is 204 g/mol. The van der Waals surface area contributed by atoms with Crippen LogP contribution in [0.2, 0.25) is 0 Å². The lowest BCUT2D eigenvalue weighted by molar-refractivity contribution is 0.500. The summed E-state index contributed by atoms with van der Waals surface area (Å²) in [6.07, 6.45) is 6.03. The summed E-state index contributed by atoms with van der Waals surface area (Å²) in [5.41, 5.74) is 2.00. The molecule has 0 aromatic carbocycles. The van der Waals surface area contributed by atoms with Gasteiger partial charge in [-0.3, -0.25) is 0 Å². The SMILES string of the molecule is CCc1nc(CNC(C)c2cnc[nH]2)co1. The Morgan fingerprint density at radius 2 is 2.44 bits per heavy atom. The second-order valence-electron chi connectivity index (χ2n) is 3.70. The third-order valence-electron chi connectivity index (χ3n) is 2.48. The Labute approximate surface area is 94.3 Å². The number of rotatable bonds is 5. The largest absolute Gasteiger partial charge is 0.449 e. The van der Waals surface area contributed by atoms with Crippen molar-refractivity contribution in [1.29, 1.82) is 0 Å². The predicted octanol–water partition coefficient (Wildman–Crippen LogP) is 1.81. The second kappa shape index (κ2) is 4.94. The van der Waals surface area contributed by atoms with E-state index in [1.54, 1.807) is 12.6 Å². The van der Waals surface area contributed by atoms with E-state index in [0.29, 0.717) is 6.54 Å². The summed E-state index contributed by atoms with van der Waals surface area (Å²) in [7, 11) is 0. The van der Waals surface area contributed by atoms with Crippen LogP contribution >= 0.6 is 0 Å². The van der Waals surface area contributed by atoms with Gasteiger partial charge in [0.05, 0.1) is 17.7 Å².